The Hall–Kier alpha value is -3.45. The molecule has 4 aromatic rings. The van der Waals surface area contributed by atoms with Gasteiger partial charge in [0.05, 0.1) is 29.6 Å². The van der Waals surface area contributed by atoms with Crippen molar-refractivity contribution in [3.8, 4) is 11.4 Å². The van der Waals surface area contributed by atoms with E-state index in [0.717, 1.165) is 31.4 Å². The van der Waals surface area contributed by atoms with Crippen LogP contribution in [0.1, 0.15) is 23.3 Å². The zero-order chi connectivity index (χ0) is 24.5. The number of carbonyl (C=O) groups excluding carboxylic acids is 1. The topological polar surface area (TPSA) is 112 Å². The number of hydrogen-bond acceptors (Lipinski definition) is 7. The van der Waals surface area contributed by atoms with Gasteiger partial charge in [-0.25, -0.2) is 26.9 Å². The SMILES string of the molecule is CS(=O)(=O)Cn1nc(-c2cnc3c(F)cc(F)cn23)c2cnc(C(=O)N3CC4CCC(C3)O4)cc21. The standard InChI is InChI=1S/C22H20F2N6O4S/c1-35(32,33)11-30-18-5-17(22(31)28-9-13-2-3-14(10-28)34-13)25-6-15(18)20(27-30)19-7-26-21-16(24)4-12(23)8-29(19)21/h4-8,13-14H,2-3,9-11H2,1H3. The van der Waals surface area contributed by atoms with E-state index in [0.29, 0.717) is 24.0 Å². The van der Waals surface area contributed by atoms with E-state index in [2.05, 4.69) is 15.1 Å². The first-order chi connectivity index (χ1) is 16.7. The maximum Gasteiger partial charge on any atom is 0.272 e. The van der Waals surface area contributed by atoms with Crippen LogP contribution in [-0.4, -0.2) is 74.9 Å². The summed E-state index contributed by atoms with van der Waals surface area (Å²) >= 11 is 0. The summed E-state index contributed by atoms with van der Waals surface area (Å²) in [7, 11) is -3.51. The van der Waals surface area contributed by atoms with Crippen molar-refractivity contribution in [3.05, 3.63) is 48.1 Å². The highest BCUT2D eigenvalue weighted by molar-refractivity contribution is 7.89. The Labute approximate surface area is 198 Å². The number of fused-ring (bicyclic) bond motifs is 4. The van der Waals surface area contributed by atoms with Gasteiger partial charge in [0.2, 0.25) is 0 Å². The summed E-state index contributed by atoms with van der Waals surface area (Å²) in [5.41, 5.74) is 0.884. The third-order valence-corrected chi connectivity index (χ3v) is 7.03. The number of ether oxygens (including phenoxy) is 1. The van der Waals surface area contributed by atoms with Gasteiger partial charge in [-0.3, -0.25) is 14.2 Å². The molecule has 2 saturated heterocycles. The molecule has 2 fully saturated rings. The maximum absolute atomic E-state index is 14.2. The van der Waals surface area contributed by atoms with E-state index >= 15 is 0 Å². The molecule has 2 aliphatic heterocycles. The summed E-state index contributed by atoms with van der Waals surface area (Å²) in [4.78, 5) is 23.3. The van der Waals surface area contributed by atoms with Gasteiger partial charge in [-0.2, -0.15) is 5.10 Å². The molecule has 2 aliphatic rings. The van der Waals surface area contributed by atoms with Crippen molar-refractivity contribution in [2.75, 3.05) is 19.3 Å². The van der Waals surface area contributed by atoms with Crippen LogP contribution in [0.3, 0.4) is 0 Å². The molecule has 2 bridgehead atoms. The number of rotatable bonds is 4. The van der Waals surface area contributed by atoms with Crippen LogP contribution in [0.4, 0.5) is 8.78 Å². The number of likely N-dealkylation sites (tertiary alicyclic amines) is 1. The molecule has 0 radical (unpaired) electrons. The van der Waals surface area contributed by atoms with Crippen molar-refractivity contribution in [3.63, 3.8) is 0 Å². The van der Waals surface area contributed by atoms with Gasteiger partial charge in [0.15, 0.2) is 21.3 Å². The van der Waals surface area contributed by atoms with E-state index in [1.54, 1.807) is 4.90 Å². The number of pyridine rings is 2. The van der Waals surface area contributed by atoms with Crippen LogP contribution < -0.4 is 0 Å². The lowest BCUT2D eigenvalue weighted by atomic mass is 10.2. The summed E-state index contributed by atoms with van der Waals surface area (Å²) in [5.74, 6) is -2.39. The van der Waals surface area contributed by atoms with Gasteiger partial charge < -0.3 is 9.64 Å². The van der Waals surface area contributed by atoms with Crippen molar-refractivity contribution in [1.29, 1.82) is 0 Å². The Morgan fingerprint density at radius 1 is 1.14 bits per heavy atom. The van der Waals surface area contributed by atoms with Gasteiger partial charge in [0.1, 0.15) is 23.1 Å². The van der Waals surface area contributed by atoms with Crippen molar-refractivity contribution in [2.24, 2.45) is 0 Å². The lowest BCUT2D eigenvalue weighted by Crippen LogP contribution is -2.46. The Morgan fingerprint density at radius 3 is 2.60 bits per heavy atom. The highest BCUT2D eigenvalue weighted by Crippen LogP contribution is 2.31. The van der Waals surface area contributed by atoms with Gasteiger partial charge >= 0.3 is 0 Å². The minimum Gasteiger partial charge on any atom is -0.371 e. The fourth-order valence-corrected chi connectivity index (χ4v) is 5.47. The first-order valence-corrected chi connectivity index (χ1v) is 13.0. The summed E-state index contributed by atoms with van der Waals surface area (Å²) in [6.07, 6.45) is 6.73. The largest absolute Gasteiger partial charge is 0.371 e. The van der Waals surface area contributed by atoms with Gasteiger partial charge in [0, 0.05) is 43.2 Å². The van der Waals surface area contributed by atoms with E-state index in [1.807, 2.05) is 0 Å². The molecular formula is C22H20F2N6O4S. The first-order valence-electron chi connectivity index (χ1n) is 11.0. The van der Waals surface area contributed by atoms with Crippen LogP contribution in [0.15, 0.2) is 30.7 Å². The molecule has 10 nitrogen and oxygen atoms in total. The van der Waals surface area contributed by atoms with Crippen LogP contribution >= 0.6 is 0 Å². The Kier molecular flexibility index (Phi) is 4.90. The highest BCUT2D eigenvalue weighted by atomic mass is 32.2. The van der Waals surface area contributed by atoms with Crippen molar-refractivity contribution in [2.45, 2.75) is 30.9 Å². The number of halogens is 2. The van der Waals surface area contributed by atoms with E-state index in [-0.39, 0.29) is 40.8 Å². The molecule has 1 amide bonds. The number of nitrogens with zero attached hydrogens (tertiary/aromatic N) is 6. The third-order valence-electron chi connectivity index (χ3n) is 6.31. The average molecular weight is 503 g/mol. The van der Waals surface area contributed by atoms with Gasteiger partial charge in [-0.1, -0.05) is 0 Å². The summed E-state index contributed by atoms with van der Waals surface area (Å²) < 4.78 is 60.6. The Bertz CT molecular complexity index is 1600. The van der Waals surface area contributed by atoms with E-state index in [1.165, 1.54) is 27.5 Å². The fraction of sp³-hybridized carbons (Fsp3) is 0.364. The molecule has 2 unspecified atom stereocenters. The molecule has 0 aromatic carbocycles. The van der Waals surface area contributed by atoms with Crippen LogP contribution in [0.2, 0.25) is 0 Å². The molecule has 0 aliphatic carbocycles. The van der Waals surface area contributed by atoms with Gasteiger partial charge in [-0.15, -0.1) is 0 Å². The van der Waals surface area contributed by atoms with E-state index < -0.39 is 27.3 Å². The molecule has 2 atom stereocenters. The second kappa shape index (κ2) is 7.78. The van der Waals surface area contributed by atoms with Crippen LogP contribution in [0, 0.1) is 11.6 Å². The molecule has 0 saturated carbocycles. The maximum atomic E-state index is 14.2. The molecule has 6 heterocycles. The smallest absolute Gasteiger partial charge is 0.272 e. The molecule has 35 heavy (non-hydrogen) atoms. The zero-order valence-electron chi connectivity index (χ0n) is 18.6. The van der Waals surface area contributed by atoms with E-state index in [4.69, 9.17) is 4.74 Å². The predicted molar refractivity (Wildman–Crippen MR) is 120 cm³/mol. The molecule has 6 rings (SSSR count). The summed E-state index contributed by atoms with van der Waals surface area (Å²) in [6, 6.07) is 2.23. The molecule has 0 N–H and O–H groups in total. The zero-order valence-corrected chi connectivity index (χ0v) is 19.4. The van der Waals surface area contributed by atoms with Gasteiger partial charge in [-0.05, 0) is 18.9 Å². The number of carbonyl (C=O) groups is 1. The number of amides is 1. The fourth-order valence-electron chi connectivity index (χ4n) is 4.83. The second-order valence-electron chi connectivity index (χ2n) is 9.00. The number of morpholine rings is 1. The van der Waals surface area contributed by atoms with Gasteiger partial charge in [0.25, 0.3) is 5.91 Å². The second-order valence-corrected chi connectivity index (χ2v) is 11.1. The molecule has 13 heteroatoms. The van der Waals surface area contributed by atoms with E-state index in [9.17, 15) is 22.0 Å². The molecule has 182 valence electrons. The van der Waals surface area contributed by atoms with Crippen LogP contribution in [0.5, 0.6) is 0 Å². The average Bonchev–Trinajstić information content (AvgIpc) is 3.47. The number of imidazole rings is 1. The number of sulfone groups is 1. The number of aromatic nitrogens is 5. The molecular weight excluding hydrogens is 482 g/mol. The minimum absolute atomic E-state index is 0.0136. The Balaban J connectivity index is 1.48. The van der Waals surface area contributed by atoms with Crippen LogP contribution in [-0.2, 0) is 20.5 Å². The van der Waals surface area contributed by atoms with Crippen LogP contribution in [0.25, 0.3) is 27.9 Å². The summed E-state index contributed by atoms with van der Waals surface area (Å²) in [5, 5.41) is 4.84. The molecule has 0 spiro atoms. The normalized spacial score (nSPS) is 20.3. The van der Waals surface area contributed by atoms with Crippen molar-refractivity contribution in [1.82, 2.24) is 29.0 Å². The predicted octanol–water partition coefficient (Wildman–Crippen LogP) is 2.03. The quantitative estimate of drug-likeness (QED) is 0.420. The summed E-state index contributed by atoms with van der Waals surface area (Å²) in [6.45, 7) is 0.948. The van der Waals surface area contributed by atoms with Crippen molar-refractivity contribution >= 4 is 32.3 Å². The monoisotopic (exact) mass is 502 g/mol. The third kappa shape index (κ3) is 3.84. The minimum atomic E-state index is -3.51. The lowest BCUT2D eigenvalue weighted by Gasteiger charge is -2.31. The lowest BCUT2D eigenvalue weighted by molar-refractivity contribution is -0.0305. The Morgan fingerprint density at radius 2 is 1.89 bits per heavy atom. The number of hydrogen-bond donors (Lipinski definition) is 0. The first kappa shape index (κ1) is 22.0. The highest BCUT2D eigenvalue weighted by Gasteiger charge is 2.36. The molecule has 4 aromatic heterocycles. The van der Waals surface area contributed by atoms with Crippen molar-refractivity contribution < 1.29 is 26.7 Å².